The number of ketones is 1. The van der Waals surface area contributed by atoms with Crippen LogP contribution in [-0.2, 0) is 4.74 Å². The summed E-state index contributed by atoms with van der Waals surface area (Å²) in [5.74, 6) is -0.719. The number of methoxy groups -OCH3 is 1. The summed E-state index contributed by atoms with van der Waals surface area (Å²) in [6.45, 7) is 1.43. The highest BCUT2D eigenvalue weighted by Crippen LogP contribution is 2.28. The first-order chi connectivity index (χ1) is 8.61. The molecule has 1 aromatic heterocycles. The van der Waals surface area contributed by atoms with E-state index in [1.54, 1.807) is 0 Å². The summed E-state index contributed by atoms with van der Waals surface area (Å²) in [5, 5.41) is 3.91. The molecule has 1 heterocycles. The first-order valence-corrected chi connectivity index (χ1v) is 6.80. The smallest absolute Gasteiger partial charge is 0.358 e. The molecular formula is C12H16N2O3S. The van der Waals surface area contributed by atoms with Crippen LogP contribution >= 0.6 is 11.3 Å². The van der Waals surface area contributed by atoms with Crippen LogP contribution in [0.15, 0.2) is 0 Å². The second kappa shape index (κ2) is 5.48. The van der Waals surface area contributed by atoms with Crippen molar-refractivity contribution in [3.8, 4) is 0 Å². The average molecular weight is 268 g/mol. The maximum absolute atomic E-state index is 11.5. The maximum atomic E-state index is 11.5. The Morgan fingerprint density at radius 1 is 1.39 bits per heavy atom. The van der Waals surface area contributed by atoms with Crippen molar-refractivity contribution in [3.05, 3.63) is 10.6 Å². The normalized spacial score (nSPS) is 15.7. The molecule has 0 spiro atoms. The number of carbonyl (C=O) groups excluding carboxylic acids is 2. The van der Waals surface area contributed by atoms with Crippen molar-refractivity contribution in [3.63, 3.8) is 0 Å². The Kier molecular flexibility index (Phi) is 3.96. The molecule has 0 radical (unpaired) electrons. The van der Waals surface area contributed by atoms with E-state index in [0.717, 1.165) is 12.8 Å². The topological polar surface area (TPSA) is 68.3 Å². The summed E-state index contributed by atoms with van der Waals surface area (Å²) < 4.78 is 4.64. The molecule has 0 unspecified atom stereocenters. The minimum absolute atomic E-state index is 0.121. The van der Waals surface area contributed by atoms with Crippen molar-refractivity contribution in [2.24, 2.45) is 0 Å². The number of Topliss-reactive ketones (excluding diaryl/α,β-unsaturated/α-hetero) is 1. The lowest BCUT2D eigenvalue weighted by Gasteiger charge is -2.09. The molecule has 0 aromatic carbocycles. The maximum Gasteiger partial charge on any atom is 0.358 e. The largest absolute Gasteiger partial charge is 0.464 e. The van der Waals surface area contributed by atoms with Crippen LogP contribution < -0.4 is 5.32 Å². The fraction of sp³-hybridized carbons (Fsp3) is 0.583. The van der Waals surface area contributed by atoms with Gasteiger partial charge in [0.25, 0.3) is 0 Å². The zero-order valence-electron chi connectivity index (χ0n) is 10.5. The standard InChI is InChI=1S/C12H16N2O3S/c1-7(15)10-9(11(16)17-2)14-12(18-10)13-8-5-3-4-6-8/h8H,3-6H2,1-2H3,(H,13,14). The number of ether oxygens (including phenoxy) is 1. The molecule has 98 valence electrons. The zero-order valence-corrected chi connectivity index (χ0v) is 11.3. The molecule has 1 aromatic rings. The van der Waals surface area contributed by atoms with Crippen LogP contribution in [0.1, 0.15) is 52.8 Å². The number of esters is 1. The quantitative estimate of drug-likeness (QED) is 0.671. The molecule has 0 atom stereocenters. The molecule has 5 nitrogen and oxygen atoms in total. The van der Waals surface area contributed by atoms with Crippen LogP contribution in [0.25, 0.3) is 0 Å². The Hall–Kier alpha value is -1.43. The molecule has 6 heteroatoms. The van der Waals surface area contributed by atoms with E-state index in [4.69, 9.17) is 0 Å². The van der Waals surface area contributed by atoms with Crippen molar-refractivity contribution in [2.45, 2.75) is 38.6 Å². The van der Waals surface area contributed by atoms with Crippen LogP contribution in [0.2, 0.25) is 0 Å². The number of carbonyl (C=O) groups is 2. The average Bonchev–Trinajstić information content (AvgIpc) is 2.97. The number of nitrogens with one attached hydrogen (secondary N) is 1. The lowest BCUT2D eigenvalue weighted by atomic mass is 10.3. The van der Waals surface area contributed by atoms with Crippen molar-refractivity contribution in [1.82, 2.24) is 4.98 Å². The Labute approximate surface area is 110 Å². The van der Waals surface area contributed by atoms with Gasteiger partial charge < -0.3 is 10.1 Å². The van der Waals surface area contributed by atoms with Crippen LogP contribution in [0.4, 0.5) is 5.13 Å². The highest BCUT2D eigenvalue weighted by atomic mass is 32.1. The summed E-state index contributed by atoms with van der Waals surface area (Å²) in [4.78, 5) is 27.5. The minimum Gasteiger partial charge on any atom is -0.464 e. The zero-order chi connectivity index (χ0) is 13.1. The van der Waals surface area contributed by atoms with E-state index in [9.17, 15) is 9.59 Å². The van der Waals surface area contributed by atoms with Gasteiger partial charge in [0.15, 0.2) is 16.6 Å². The third kappa shape index (κ3) is 2.69. The van der Waals surface area contributed by atoms with Gasteiger partial charge in [-0.1, -0.05) is 24.2 Å². The molecule has 1 aliphatic carbocycles. The second-order valence-corrected chi connectivity index (χ2v) is 5.37. The summed E-state index contributed by atoms with van der Waals surface area (Å²) in [5.41, 5.74) is 0.121. The van der Waals surface area contributed by atoms with E-state index in [1.165, 1.54) is 38.2 Å². The molecule has 0 amide bonds. The number of hydrogen-bond acceptors (Lipinski definition) is 6. The SMILES string of the molecule is COC(=O)c1nc(NC2CCCC2)sc1C(C)=O. The van der Waals surface area contributed by atoms with Crippen molar-refractivity contribution < 1.29 is 14.3 Å². The predicted molar refractivity (Wildman–Crippen MR) is 69.3 cm³/mol. The highest BCUT2D eigenvalue weighted by molar-refractivity contribution is 7.17. The Morgan fingerprint density at radius 3 is 2.61 bits per heavy atom. The van der Waals surface area contributed by atoms with E-state index in [2.05, 4.69) is 15.0 Å². The summed E-state index contributed by atoms with van der Waals surface area (Å²) in [6.07, 6.45) is 4.66. The lowest BCUT2D eigenvalue weighted by Crippen LogP contribution is -2.14. The number of hydrogen-bond donors (Lipinski definition) is 1. The van der Waals surface area contributed by atoms with Gasteiger partial charge in [-0.15, -0.1) is 0 Å². The van der Waals surface area contributed by atoms with Gasteiger partial charge in [-0.2, -0.15) is 0 Å². The molecule has 1 N–H and O–H groups in total. The number of nitrogens with zero attached hydrogens (tertiary/aromatic N) is 1. The Balaban J connectivity index is 2.21. The van der Waals surface area contributed by atoms with E-state index in [-0.39, 0.29) is 11.5 Å². The first-order valence-electron chi connectivity index (χ1n) is 5.98. The highest BCUT2D eigenvalue weighted by Gasteiger charge is 2.23. The van der Waals surface area contributed by atoms with Crippen molar-refractivity contribution >= 4 is 28.2 Å². The minimum atomic E-state index is -0.559. The van der Waals surface area contributed by atoms with Crippen LogP contribution in [0.3, 0.4) is 0 Å². The van der Waals surface area contributed by atoms with E-state index >= 15 is 0 Å². The summed E-state index contributed by atoms with van der Waals surface area (Å²) in [7, 11) is 1.29. The fourth-order valence-corrected chi connectivity index (χ4v) is 3.03. The van der Waals surface area contributed by atoms with Crippen LogP contribution in [-0.4, -0.2) is 29.9 Å². The molecular weight excluding hydrogens is 252 g/mol. The van der Waals surface area contributed by atoms with E-state index in [0.29, 0.717) is 16.1 Å². The van der Waals surface area contributed by atoms with Gasteiger partial charge >= 0.3 is 5.97 Å². The number of rotatable bonds is 4. The molecule has 2 rings (SSSR count). The van der Waals surface area contributed by atoms with Crippen molar-refractivity contribution in [1.29, 1.82) is 0 Å². The molecule has 0 bridgehead atoms. The molecule has 1 aliphatic rings. The van der Waals surface area contributed by atoms with E-state index < -0.39 is 5.97 Å². The third-order valence-corrected chi connectivity index (χ3v) is 4.10. The molecule has 1 saturated carbocycles. The van der Waals surface area contributed by atoms with Gasteiger partial charge in [0.1, 0.15) is 4.88 Å². The Morgan fingerprint density at radius 2 is 2.06 bits per heavy atom. The predicted octanol–water partition coefficient (Wildman–Crippen LogP) is 2.49. The lowest BCUT2D eigenvalue weighted by molar-refractivity contribution is 0.0591. The molecule has 0 aliphatic heterocycles. The van der Waals surface area contributed by atoms with E-state index in [1.807, 2.05) is 0 Å². The molecule has 18 heavy (non-hydrogen) atoms. The Bertz CT molecular complexity index is 464. The summed E-state index contributed by atoms with van der Waals surface area (Å²) >= 11 is 1.23. The van der Waals surface area contributed by atoms with Crippen LogP contribution in [0.5, 0.6) is 0 Å². The first kappa shape index (κ1) is 13.0. The van der Waals surface area contributed by atoms with Crippen LogP contribution in [0, 0.1) is 0 Å². The van der Waals surface area contributed by atoms with Gasteiger partial charge in [0.05, 0.1) is 7.11 Å². The van der Waals surface area contributed by atoms with Gasteiger partial charge in [0.2, 0.25) is 0 Å². The number of aromatic nitrogens is 1. The van der Waals surface area contributed by atoms with Gasteiger partial charge in [0, 0.05) is 13.0 Å². The van der Waals surface area contributed by atoms with Gasteiger partial charge in [-0.3, -0.25) is 4.79 Å². The van der Waals surface area contributed by atoms with Crippen molar-refractivity contribution in [2.75, 3.05) is 12.4 Å². The number of thiazole rings is 1. The molecule has 1 fully saturated rings. The second-order valence-electron chi connectivity index (χ2n) is 4.37. The fourth-order valence-electron chi connectivity index (χ4n) is 2.10. The summed E-state index contributed by atoms with van der Waals surface area (Å²) in [6, 6.07) is 0.404. The third-order valence-electron chi connectivity index (χ3n) is 3.01. The molecule has 0 saturated heterocycles. The van der Waals surface area contributed by atoms with Gasteiger partial charge in [-0.25, -0.2) is 9.78 Å². The van der Waals surface area contributed by atoms with Gasteiger partial charge in [-0.05, 0) is 12.8 Å². The number of anilines is 1. The monoisotopic (exact) mass is 268 g/mol.